The molecule has 1 atom stereocenters. The van der Waals surface area contributed by atoms with Gasteiger partial charge in [-0.05, 0) is 18.6 Å². The fourth-order valence-electron chi connectivity index (χ4n) is 1.16. The molecule has 0 heterocycles. The predicted molar refractivity (Wildman–Crippen MR) is 56.5 cm³/mol. The first-order valence-electron chi connectivity index (χ1n) is 4.01. The van der Waals surface area contributed by atoms with Crippen molar-refractivity contribution in [3.8, 4) is 5.75 Å². The number of hydrogen-bond acceptors (Lipinski definition) is 3. The first-order valence-corrected chi connectivity index (χ1v) is 4.80. The highest BCUT2D eigenvalue weighted by atomic mass is 79.9. The van der Waals surface area contributed by atoms with Crippen molar-refractivity contribution in [3.05, 3.63) is 27.7 Å². The van der Waals surface area contributed by atoms with Crippen molar-refractivity contribution in [1.82, 2.24) is 0 Å². The van der Waals surface area contributed by atoms with Gasteiger partial charge in [-0.2, -0.15) is 0 Å². The summed E-state index contributed by atoms with van der Waals surface area (Å²) in [5.74, 6) is 0.229. The van der Waals surface area contributed by atoms with E-state index in [2.05, 4.69) is 15.9 Å². The molecule has 72 valence electrons. The van der Waals surface area contributed by atoms with E-state index in [0.29, 0.717) is 12.1 Å². The number of halogens is 1. The van der Waals surface area contributed by atoms with Crippen molar-refractivity contribution in [2.75, 3.05) is 6.54 Å². The quantitative estimate of drug-likeness (QED) is 0.737. The Morgan fingerprint density at radius 2 is 2.15 bits per heavy atom. The van der Waals surface area contributed by atoms with Gasteiger partial charge in [-0.1, -0.05) is 22.0 Å². The average molecular weight is 245 g/mol. The fraction of sp³-hybridized carbons (Fsp3) is 0.333. The predicted octanol–water partition coefficient (Wildman–Crippen LogP) is 1.42. The zero-order valence-electron chi connectivity index (χ0n) is 7.42. The monoisotopic (exact) mass is 244 g/mol. The Hall–Kier alpha value is -0.580. The summed E-state index contributed by atoms with van der Waals surface area (Å²) in [7, 11) is 0. The van der Waals surface area contributed by atoms with E-state index in [0.717, 1.165) is 10.0 Å². The number of rotatable bonds is 2. The molecule has 0 bridgehead atoms. The van der Waals surface area contributed by atoms with E-state index in [1.807, 2.05) is 19.1 Å². The lowest BCUT2D eigenvalue weighted by Gasteiger charge is -2.14. The molecule has 0 saturated heterocycles. The van der Waals surface area contributed by atoms with Crippen molar-refractivity contribution < 1.29 is 5.11 Å². The van der Waals surface area contributed by atoms with E-state index in [-0.39, 0.29) is 11.8 Å². The third-order valence-electron chi connectivity index (χ3n) is 1.99. The van der Waals surface area contributed by atoms with Gasteiger partial charge < -0.3 is 16.6 Å². The third-order valence-corrected chi connectivity index (χ3v) is 2.68. The van der Waals surface area contributed by atoms with Gasteiger partial charge in [0, 0.05) is 22.6 Å². The van der Waals surface area contributed by atoms with Crippen LogP contribution in [-0.2, 0) is 0 Å². The second-order valence-corrected chi connectivity index (χ2v) is 3.82. The Balaban J connectivity index is 3.25. The van der Waals surface area contributed by atoms with Crippen LogP contribution in [0.5, 0.6) is 5.75 Å². The van der Waals surface area contributed by atoms with Gasteiger partial charge in [0.25, 0.3) is 0 Å². The molecule has 0 unspecified atom stereocenters. The van der Waals surface area contributed by atoms with Crippen LogP contribution in [0.1, 0.15) is 17.2 Å². The van der Waals surface area contributed by atoms with Crippen LogP contribution in [0.4, 0.5) is 0 Å². The van der Waals surface area contributed by atoms with Crippen LogP contribution < -0.4 is 11.5 Å². The highest BCUT2D eigenvalue weighted by Gasteiger charge is 2.14. The Labute approximate surface area is 85.9 Å². The zero-order chi connectivity index (χ0) is 10.0. The van der Waals surface area contributed by atoms with Crippen molar-refractivity contribution in [2.45, 2.75) is 13.0 Å². The molecule has 1 aromatic rings. The number of phenols is 1. The topological polar surface area (TPSA) is 72.3 Å². The van der Waals surface area contributed by atoms with Gasteiger partial charge in [-0.15, -0.1) is 0 Å². The number of nitrogens with two attached hydrogens (primary N) is 2. The smallest absolute Gasteiger partial charge is 0.124 e. The van der Waals surface area contributed by atoms with Crippen LogP contribution in [-0.4, -0.2) is 11.7 Å². The summed E-state index contributed by atoms with van der Waals surface area (Å²) in [5.41, 5.74) is 12.7. The molecule has 13 heavy (non-hydrogen) atoms. The minimum Gasteiger partial charge on any atom is -0.507 e. The molecule has 0 aliphatic heterocycles. The van der Waals surface area contributed by atoms with Crippen LogP contribution in [0.15, 0.2) is 16.6 Å². The number of phenolic OH excluding ortho intramolecular Hbond substituents is 1. The van der Waals surface area contributed by atoms with Gasteiger partial charge in [-0.3, -0.25) is 0 Å². The first kappa shape index (κ1) is 10.5. The maximum absolute atomic E-state index is 9.71. The van der Waals surface area contributed by atoms with Crippen molar-refractivity contribution >= 4 is 15.9 Å². The number of aryl methyl sites for hydroxylation is 1. The summed E-state index contributed by atoms with van der Waals surface area (Å²) < 4.78 is 0.800. The second-order valence-electron chi connectivity index (χ2n) is 2.97. The molecule has 5 N–H and O–H groups in total. The van der Waals surface area contributed by atoms with Crippen molar-refractivity contribution in [2.24, 2.45) is 11.5 Å². The normalized spacial score (nSPS) is 12.9. The fourth-order valence-corrected chi connectivity index (χ4v) is 1.78. The molecule has 0 amide bonds. The van der Waals surface area contributed by atoms with Gasteiger partial charge in [-0.25, -0.2) is 0 Å². The minimum absolute atomic E-state index is 0.229. The van der Waals surface area contributed by atoms with Gasteiger partial charge in [0.1, 0.15) is 5.75 Å². The zero-order valence-corrected chi connectivity index (χ0v) is 9.01. The number of benzene rings is 1. The highest BCUT2D eigenvalue weighted by Crippen LogP contribution is 2.32. The molecule has 0 spiro atoms. The first-order chi connectivity index (χ1) is 6.07. The Morgan fingerprint density at radius 1 is 1.54 bits per heavy atom. The molecule has 4 heteroatoms. The van der Waals surface area contributed by atoms with E-state index >= 15 is 0 Å². The lowest BCUT2D eigenvalue weighted by Crippen LogP contribution is -2.21. The second kappa shape index (κ2) is 4.09. The molecule has 0 aliphatic rings. The van der Waals surface area contributed by atoms with Crippen LogP contribution in [0.3, 0.4) is 0 Å². The Bertz CT molecular complexity index is 315. The Morgan fingerprint density at radius 3 is 2.69 bits per heavy atom. The summed E-state index contributed by atoms with van der Waals surface area (Å²) in [6, 6.07) is 3.36. The van der Waals surface area contributed by atoms with E-state index in [4.69, 9.17) is 11.5 Å². The lowest BCUT2D eigenvalue weighted by molar-refractivity contribution is 0.457. The molecule has 0 aliphatic carbocycles. The van der Waals surface area contributed by atoms with Gasteiger partial charge in [0.05, 0.1) is 0 Å². The van der Waals surface area contributed by atoms with Crippen molar-refractivity contribution in [3.63, 3.8) is 0 Å². The molecule has 1 aromatic carbocycles. The average Bonchev–Trinajstić information content (AvgIpc) is 2.12. The lowest BCUT2D eigenvalue weighted by atomic mass is 10.0. The van der Waals surface area contributed by atoms with Crippen LogP contribution in [0.25, 0.3) is 0 Å². The number of hydrogen-bond donors (Lipinski definition) is 3. The largest absolute Gasteiger partial charge is 0.507 e. The summed E-state index contributed by atoms with van der Waals surface area (Å²) in [6.07, 6.45) is 0. The van der Waals surface area contributed by atoms with E-state index in [1.54, 1.807) is 0 Å². The van der Waals surface area contributed by atoms with Gasteiger partial charge in [0.2, 0.25) is 0 Å². The van der Waals surface area contributed by atoms with E-state index in [1.165, 1.54) is 0 Å². The van der Waals surface area contributed by atoms with Crippen LogP contribution in [0.2, 0.25) is 0 Å². The number of aromatic hydroxyl groups is 1. The van der Waals surface area contributed by atoms with Crippen molar-refractivity contribution in [1.29, 1.82) is 0 Å². The highest BCUT2D eigenvalue weighted by molar-refractivity contribution is 9.10. The molecule has 0 saturated carbocycles. The van der Waals surface area contributed by atoms with Gasteiger partial charge in [0.15, 0.2) is 0 Å². The molecule has 0 fully saturated rings. The van der Waals surface area contributed by atoms with Crippen LogP contribution in [0, 0.1) is 6.92 Å². The minimum atomic E-state index is -0.325. The Kier molecular flexibility index (Phi) is 3.30. The van der Waals surface area contributed by atoms with E-state index in [9.17, 15) is 5.11 Å². The molecular formula is C9H13BrN2O. The summed E-state index contributed by atoms with van der Waals surface area (Å²) >= 11 is 3.33. The molecular weight excluding hydrogens is 232 g/mol. The van der Waals surface area contributed by atoms with Crippen LogP contribution >= 0.6 is 15.9 Å². The summed E-state index contributed by atoms with van der Waals surface area (Å²) in [4.78, 5) is 0. The standard InChI is InChI=1S/C9H13BrN2O/c1-5-2-3-6(10)8(9(5)13)7(12)4-11/h2-3,7,13H,4,11-12H2,1H3/t7-/m1/s1. The van der Waals surface area contributed by atoms with E-state index < -0.39 is 0 Å². The maximum Gasteiger partial charge on any atom is 0.124 e. The summed E-state index contributed by atoms with van der Waals surface area (Å²) in [5, 5.41) is 9.71. The SMILES string of the molecule is Cc1ccc(Br)c([C@H](N)CN)c1O. The maximum atomic E-state index is 9.71. The molecule has 3 nitrogen and oxygen atoms in total. The summed E-state index contributed by atoms with van der Waals surface area (Å²) in [6.45, 7) is 2.14. The third kappa shape index (κ3) is 2.02. The molecule has 0 radical (unpaired) electrons. The molecule has 0 aromatic heterocycles. The molecule has 1 rings (SSSR count). The van der Waals surface area contributed by atoms with Gasteiger partial charge >= 0.3 is 0 Å².